The van der Waals surface area contributed by atoms with Crippen LogP contribution in [0.4, 0.5) is 17.1 Å². The summed E-state index contributed by atoms with van der Waals surface area (Å²) < 4.78 is 0. The Morgan fingerprint density at radius 3 is 2.96 bits per heavy atom. The van der Waals surface area contributed by atoms with Crippen LogP contribution in [0.2, 0.25) is 0 Å². The number of hydrogen-bond donors (Lipinski definition) is 3. The van der Waals surface area contributed by atoms with Crippen molar-refractivity contribution in [3.63, 3.8) is 0 Å². The van der Waals surface area contributed by atoms with Crippen molar-refractivity contribution in [2.75, 3.05) is 30.3 Å². The molecule has 0 fully saturated rings. The van der Waals surface area contributed by atoms with Crippen molar-refractivity contribution < 1.29 is 9.72 Å². The number of hydrogen-bond acceptors (Lipinski definition) is 6. The normalized spacial score (nSPS) is 12.3. The lowest BCUT2D eigenvalue weighted by molar-refractivity contribution is -0.384. The lowest BCUT2D eigenvalue weighted by Crippen LogP contribution is -2.28. The summed E-state index contributed by atoms with van der Waals surface area (Å²) in [6.45, 7) is 1.60. The van der Waals surface area contributed by atoms with E-state index < -0.39 is 0 Å². The van der Waals surface area contributed by atoms with Gasteiger partial charge in [0.1, 0.15) is 5.69 Å². The number of amides is 1. The molecule has 23 heavy (non-hydrogen) atoms. The van der Waals surface area contributed by atoms with Crippen LogP contribution in [0.1, 0.15) is 15.2 Å². The number of anilines is 2. The second-order valence-electron chi connectivity index (χ2n) is 5.08. The van der Waals surface area contributed by atoms with Gasteiger partial charge >= 0.3 is 0 Å². The van der Waals surface area contributed by atoms with Gasteiger partial charge in [0, 0.05) is 37.0 Å². The van der Waals surface area contributed by atoms with Crippen molar-refractivity contribution in [2.24, 2.45) is 0 Å². The number of nitro groups is 1. The van der Waals surface area contributed by atoms with Crippen LogP contribution in [0.25, 0.3) is 0 Å². The van der Waals surface area contributed by atoms with E-state index in [0.29, 0.717) is 23.7 Å². The number of fused-ring (bicyclic) bond motifs is 1. The van der Waals surface area contributed by atoms with Crippen LogP contribution in [-0.4, -0.2) is 30.5 Å². The van der Waals surface area contributed by atoms with Gasteiger partial charge in [0.2, 0.25) is 0 Å². The van der Waals surface area contributed by atoms with Gasteiger partial charge in [-0.3, -0.25) is 14.9 Å². The van der Waals surface area contributed by atoms with E-state index in [-0.39, 0.29) is 16.5 Å². The summed E-state index contributed by atoms with van der Waals surface area (Å²) in [7, 11) is 0. The standard InChI is InChI=1S/C15H16N4O3S/c20-15(13-2-1-9-23-13)18-8-7-17-14-10-5-6-16-11(10)3-4-12(14)19(21)22/h1-4,9,16-17H,5-8H2,(H,18,20). The number of rotatable bonds is 6. The largest absolute Gasteiger partial charge is 0.384 e. The van der Waals surface area contributed by atoms with Crippen LogP contribution < -0.4 is 16.0 Å². The fourth-order valence-corrected chi connectivity index (χ4v) is 3.23. The summed E-state index contributed by atoms with van der Waals surface area (Å²) >= 11 is 1.38. The summed E-state index contributed by atoms with van der Waals surface area (Å²) in [4.78, 5) is 23.3. The highest BCUT2D eigenvalue weighted by atomic mass is 32.1. The topological polar surface area (TPSA) is 96.3 Å². The van der Waals surface area contributed by atoms with E-state index in [1.807, 2.05) is 11.4 Å². The second kappa shape index (κ2) is 6.66. The van der Waals surface area contributed by atoms with E-state index >= 15 is 0 Å². The Hall–Kier alpha value is -2.61. The molecule has 0 unspecified atom stereocenters. The van der Waals surface area contributed by atoms with Crippen LogP contribution in [0.15, 0.2) is 29.6 Å². The van der Waals surface area contributed by atoms with Gasteiger partial charge in [0.25, 0.3) is 11.6 Å². The molecule has 2 aromatic rings. The van der Waals surface area contributed by atoms with E-state index in [1.54, 1.807) is 12.1 Å². The molecule has 1 aromatic heterocycles. The van der Waals surface area contributed by atoms with E-state index in [1.165, 1.54) is 17.4 Å². The second-order valence-corrected chi connectivity index (χ2v) is 6.03. The predicted molar refractivity (Wildman–Crippen MR) is 90.4 cm³/mol. The summed E-state index contributed by atoms with van der Waals surface area (Å²) in [6.07, 6.45) is 0.751. The molecule has 0 aliphatic carbocycles. The minimum absolute atomic E-state index is 0.0667. The molecule has 3 rings (SSSR count). The van der Waals surface area contributed by atoms with Crippen LogP contribution in [0.5, 0.6) is 0 Å². The summed E-state index contributed by atoms with van der Waals surface area (Å²) in [5.41, 5.74) is 2.48. The van der Waals surface area contributed by atoms with Gasteiger partial charge in [-0.2, -0.15) is 0 Å². The molecular weight excluding hydrogens is 316 g/mol. The maximum absolute atomic E-state index is 11.8. The van der Waals surface area contributed by atoms with Crippen LogP contribution in [0, 0.1) is 10.1 Å². The molecule has 8 heteroatoms. The van der Waals surface area contributed by atoms with Gasteiger partial charge < -0.3 is 16.0 Å². The molecule has 0 bridgehead atoms. The molecule has 1 aliphatic rings. The lowest BCUT2D eigenvalue weighted by Gasteiger charge is -2.12. The van der Waals surface area contributed by atoms with E-state index in [9.17, 15) is 14.9 Å². The van der Waals surface area contributed by atoms with Crippen LogP contribution >= 0.6 is 11.3 Å². The highest BCUT2D eigenvalue weighted by Crippen LogP contribution is 2.36. The fourth-order valence-electron chi connectivity index (χ4n) is 2.59. The van der Waals surface area contributed by atoms with Crippen molar-refractivity contribution in [3.05, 3.63) is 50.2 Å². The first-order valence-electron chi connectivity index (χ1n) is 7.26. The number of benzene rings is 1. The Morgan fingerprint density at radius 1 is 1.35 bits per heavy atom. The van der Waals surface area contributed by atoms with Crippen LogP contribution in [-0.2, 0) is 6.42 Å². The molecule has 3 N–H and O–H groups in total. The van der Waals surface area contributed by atoms with Crippen molar-refractivity contribution in [3.8, 4) is 0 Å². The highest BCUT2D eigenvalue weighted by molar-refractivity contribution is 7.12. The molecule has 7 nitrogen and oxygen atoms in total. The molecule has 1 amide bonds. The van der Waals surface area contributed by atoms with Gasteiger partial charge in [-0.15, -0.1) is 11.3 Å². The van der Waals surface area contributed by atoms with Crippen molar-refractivity contribution in [2.45, 2.75) is 6.42 Å². The first kappa shape index (κ1) is 15.3. The van der Waals surface area contributed by atoms with Gasteiger partial charge in [-0.1, -0.05) is 6.07 Å². The SMILES string of the molecule is O=C(NCCNc1c([N+](=O)[O-])ccc2c1CCN2)c1cccs1. The molecule has 120 valence electrons. The Balaban J connectivity index is 1.63. The minimum Gasteiger partial charge on any atom is -0.384 e. The van der Waals surface area contributed by atoms with Crippen LogP contribution in [0.3, 0.4) is 0 Å². The molecule has 0 atom stereocenters. The zero-order valence-electron chi connectivity index (χ0n) is 12.3. The maximum Gasteiger partial charge on any atom is 0.292 e. The molecule has 2 heterocycles. The minimum atomic E-state index is -0.384. The van der Waals surface area contributed by atoms with Gasteiger partial charge in [-0.05, 0) is 23.9 Å². The van der Waals surface area contributed by atoms with Crippen molar-refractivity contribution in [1.82, 2.24) is 5.32 Å². The number of carbonyl (C=O) groups is 1. The van der Waals surface area contributed by atoms with Gasteiger partial charge in [0.05, 0.1) is 9.80 Å². The molecule has 1 aromatic carbocycles. The zero-order valence-corrected chi connectivity index (χ0v) is 13.1. The Morgan fingerprint density at radius 2 is 2.22 bits per heavy atom. The molecule has 1 aliphatic heterocycles. The molecular formula is C15H16N4O3S. The zero-order chi connectivity index (χ0) is 16.2. The highest BCUT2D eigenvalue weighted by Gasteiger charge is 2.23. The van der Waals surface area contributed by atoms with Gasteiger partial charge in [-0.25, -0.2) is 0 Å². The average molecular weight is 332 g/mol. The third-order valence-electron chi connectivity index (χ3n) is 3.64. The third kappa shape index (κ3) is 3.26. The molecule has 0 radical (unpaired) electrons. The van der Waals surface area contributed by atoms with Crippen molar-refractivity contribution in [1.29, 1.82) is 0 Å². The number of nitrogens with one attached hydrogen (secondary N) is 3. The Bertz CT molecular complexity index is 731. The van der Waals surface area contributed by atoms with E-state index in [0.717, 1.165) is 24.2 Å². The monoisotopic (exact) mass is 332 g/mol. The molecule has 0 saturated heterocycles. The van der Waals surface area contributed by atoms with E-state index in [2.05, 4.69) is 16.0 Å². The molecule has 0 spiro atoms. The maximum atomic E-state index is 11.8. The van der Waals surface area contributed by atoms with Crippen molar-refractivity contribution >= 4 is 34.3 Å². The number of nitro benzene ring substituents is 1. The number of thiophene rings is 1. The quantitative estimate of drug-likeness (QED) is 0.429. The first-order chi connectivity index (χ1) is 11.2. The summed E-state index contributed by atoms with van der Waals surface area (Å²) in [6, 6.07) is 6.82. The summed E-state index contributed by atoms with van der Waals surface area (Å²) in [5, 5.41) is 22.1. The van der Waals surface area contributed by atoms with Gasteiger partial charge in [0.15, 0.2) is 0 Å². The first-order valence-corrected chi connectivity index (χ1v) is 8.14. The Kier molecular flexibility index (Phi) is 4.42. The Labute approximate surface area is 136 Å². The number of carbonyl (C=O) groups excluding carboxylic acids is 1. The smallest absolute Gasteiger partial charge is 0.292 e. The fraction of sp³-hybridized carbons (Fsp3) is 0.267. The third-order valence-corrected chi connectivity index (χ3v) is 4.50. The van der Waals surface area contributed by atoms with E-state index in [4.69, 9.17) is 0 Å². The lowest BCUT2D eigenvalue weighted by atomic mass is 10.1. The predicted octanol–water partition coefficient (Wildman–Crippen LogP) is 2.47. The average Bonchev–Trinajstić information content (AvgIpc) is 3.21. The summed E-state index contributed by atoms with van der Waals surface area (Å²) in [5.74, 6) is -0.128. The molecule has 0 saturated carbocycles. The number of nitrogens with zero attached hydrogens (tertiary/aromatic N) is 1.